The highest BCUT2D eigenvalue weighted by atomic mass is 16.5. The van der Waals surface area contributed by atoms with Crippen molar-refractivity contribution in [2.24, 2.45) is 11.8 Å². The van der Waals surface area contributed by atoms with Gasteiger partial charge in [-0.1, -0.05) is 0 Å². The second-order valence-corrected chi connectivity index (χ2v) is 5.36. The highest BCUT2D eigenvalue weighted by molar-refractivity contribution is 5.88. The van der Waals surface area contributed by atoms with Gasteiger partial charge in [-0.25, -0.2) is 4.68 Å². The molecule has 0 unspecified atom stereocenters. The molecule has 3 heterocycles. The van der Waals surface area contributed by atoms with Gasteiger partial charge in [-0.15, -0.1) is 0 Å². The molecular formula is C13H16N2O4. The fourth-order valence-electron chi connectivity index (χ4n) is 3.30. The monoisotopic (exact) mass is 264 g/mol. The molecule has 6 heteroatoms. The van der Waals surface area contributed by atoms with Crippen molar-refractivity contribution in [2.45, 2.75) is 38.9 Å². The van der Waals surface area contributed by atoms with E-state index in [1.807, 2.05) is 13.0 Å². The molecule has 0 aliphatic carbocycles. The smallest absolute Gasteiger partial charge is 0.310 e. The van der Waals surface area contributed by atoms with Gasteiger partial charge in [-0.3, -0.25) is 9.59 Å². The van der Waals surface area contributed by atoms with Crippen molar-refractivity contribution < 1.29 is 19.4 Å². The summed E-state index contributed by atoms with van der Waals surface area (Å²) < 4.78 is 6.92. The Morgan fingerprint density at radius 2 is 1.95 bits per heavy atom. The van der Waals surface area contributed by atoms with E-state index in [2.05, 4.69) is 5.10 Å². The molecule has 0 amide bonds. The van der Waals surface area contributed by atoms with Crippen LogP contribution in [0.5, 0.6) is 0 Å². The Kier molecular flexibility index (Phi) is 2.70. The van der Waals surface area contributed by atoms with Gasteiger partial charge in [0.1, 0.15) is 0 Å². The molecule has 2 bridgehead atoms. The number of rotatable bonds is 2. The molecule has 19 heavy (non-hydrogen) atoms. The number of ether oxygens (including phenoxy) is 1. The summed E-state index contributed by atoms with van der Waals surface area (Å²) in [4.78, 5) is 23.9. The van der Waals surface area contributed by atoms with E-state index in [-0.39, 0.29) is 18.1 Å². The van der Waals surface area contributed by atoms with Crippen molar-refractivity contribution in [1.29, 1.82) is 0 Å². The van der Waals surface area contributed by atoms with Crippen LogP contribution in [0.4, 0.5) is 0 Å². The Balaban J connectivity index is 1.94. The number of carbonyl (C=O) groups is 2. The number of hydrogen-bond acceptors (Lipinski definition) is 4. The van der Waals surface area contributed by atoms with E-state index in [1.165, 1.54) is 4.68 Å². The molecule has 1 aromatic heterocycles. The van der Waals surface area contributed by atoms with Crippen LogP contribution >= 0.6 is 0 Å². The summed E-state index contributed by atoms with van der Waals surface area (Å²) in [6.45, 7) is 3.60. The third-order valence-corrected chi connectivity index (χ3v) is 4.06. The Morgan fingerprint density at radius 1 is 1.32 bits per heavy atom. The zero-order valence-electron chi connectivity index (χ0n) is 10.9. The summed E-state index contributed by atoms with van der Waals surface area (Å²) in [6, 6.07) is 1.81. The number of aryl methyl sites for hydroxylation is 2. The molecule has 4 atom stereocenters. The van der Waals surface area contributed by atoms with Crippen LogP contribution in [0.3, 0.4) is 0 Å². The van der Waals surface area contributed by atoms with Crippen LogP contribution in [0, 0.1) is 25.7 Å². The standard InChI is InChI=1S/C13H16N2O4/c1-6-5-7(2)15(14-6)12(16)10-8-3-4-9(19-8)11(10)13(17)18/h5,8-11H,3-4H2,1-2H3,(H,17,18)/t8-,9-,10-,11-/m1/s1. The number of fused-ring (bicyclic) bond motifs is 2. The van der Waals surface area contributed by atoms with Crippen molar-refractivity contribution >= 4 is 11.9 Å². The zero-order valence-corrected chi connectivity index (χ0v) is 10.9. The van der Waals surface area contributed by atoms with E-state index in [9.17, 15) is 14.7 Å². The van der Waals surface area contributed by atoms with Gasteiger partial charge in [-0.2, -0.15) is 5.10 Å². The van der Waals surface area contributed by atoms with Gasteiger partial charge < -0.3 is 9.84 Å². The molecule has 6 nitrogen and oxygen atoms in total. The summed E-state index contributed by atoms with van der Waals surface area (Å²) in [5, 5.41) is 13.5. The minimum absolute atomic E-state index is 0.259. The Bertz CT molecular complexity index is 551. The average molecular weight is 264 g/mol. The number of hydrogen-bond donors (Lipinski definition) is 1. The lowest BCUT2D eigenvalue weighted by Gasteiger charge is -2.23. The third-order valence-electron chi connectivity index (χ3n) is 4.06. The van der Waals surface area contributed by atoms with Gasteiger partial charge in [0, 0.05) is 5.69 Å². The number of carbonyl (C=O) groups excluding carboxylic acids is 1. The summed E-state index contributed by atoms with van der Waals surface area (Å²) in [6.07, 6.45) is 0.878. The lowest BCUT2D eigenvalue weighted by atomic mass is 9.79. The van der Waals surface area contributed by atoms with Gasteiger partial charge in [0.15, 0.2) is 0 Å². The minimum atomic E-state index is -0.952. The average Bonchev–Trinajstić information content (AvgIpc) is 3.01. The van der Waals surface area contributed by atoms with E-state index in [4.69, 9.17) is 4.74 Å². The normalized spacial score (nSPS) is 32.7. The van der Waals surface area contributed by atoms with Gasteiger partial charge in [0.25, 0.3) is 5.91 Å². The van der Waals surface area contributed by atoms with Gasteiger partial charge >= 0.3 is 5.97 Å². The molecule has 0 spiro atoms. The maximum Gasteiger partial charge on any atom is 0.310 e. The van der Waals surface area contributed by atoms with Gasteiger partial charge in [0.05, 0.1) is 29.7 Å². The predicted molar refractivity (Wildman–Crippen MR) is 64.8 cm³/mol. The molecule has 102 valence electrons. The van der Waals surface area contributed by atoms with Gasteiger partial charge in [0.2, 0.25) is 0 Å². The maximum absolute atomic E-state index is 12.5. The molecule has 2 aliphatic rings. The first-order chi connectivity index (χ1) is 8.99. The molecule has 2 saturated heterocycles. The molecular weight excluding hydrogens is 248 g/mol. The Hall–Kier alpha value is -1.69. The molecule has 0 saturated carbocycles. The van der Waals surface area contributed by atoms with Crippen LogP contribution in [0.15, 0.2) is 6.07 Å². The molecule has 1 aromatic rings. The molecule has 0 aromatic carbocycles. The highest BCUT2D eigenvalue weighted by Crippen LogP contribution is 2.44. The fraction of sp³-hybridized carbons (Fsp3) is 0.615. The van der Waals surface area contributed by atoms with Crippen molar-refractivity contribution in [3.63, 3.8) is 0 Å². The van der Waals surface area contributed by atoms with Crippen LogP contribution in [0.2, 0.25) is 0 Å². The predicted octanol–water partition coefficient (Wildman–Crippen LogP) is 1.02. The van der Waals surface area contributed by atoms with E-state index in [0.717, 1.165) is 24.2 Å². The van der Waals surface area contributed by atoms with Gasteiger partial charge in [-0.05, 0) is 32.8 Å². The van der Waals surface area contributed by atoms with E-state index < -0.39 is 17.8 Å². The largest absolute Gasteiger partial charge is 0.481 e. The summed E-state index contributed by atoms with van der Waals surface area (Å²) in [5.74, 6) is -2.57. The number of carboxylic acids is 1. The van der Waals surface area contributed by atoms with Crippen molar-refractivity contribution in [2.75, 3.05) is 0 Å². The lowest BCUT2D eigenvalue weighted by molar-refractivity contribution is -0.144. The lowest BCUT2D eigenvalue weighted by Crippen LogP contribution is -2.41. The molecule has 2 fully saturated rings. The number of aromatic nitrogens is 2. The van der Waals surface area contributed by atoms with Crippen molar-refractivity contribution in [3.8, 4) is 0 Å². The molecule has 1 N–H and O–H groups in total. The number of aliphatic carboxylic acids is 1. The minimum Gasteiger partial charge on any atom is -0.481 e. The van der Waals surface area contributed by atoms with E-state index in [0.29, 0.717) is 0 Å². The Morgan fingerprint density at radius 3 is 2.47 bits per heavy atom. The van der Waals surface area contributed by atoms with Crippen LogP contribution in [0.1, 0.15) is 29.0 Å². The van der Waals surface area contributed by atoms with Crippen LogP contribution in [-0.2, 0) is 9.53 Å². The van der Waals surface area contributed by atoms with Crippen LogP contribution in [-0.4, -0.2) is 39.0 Å². The summed E-state index contributed by atoms with van der Waals surface area (Å²) in [5.41, 5.74) is 1.48. The van der Waals surface area contributed by atoms with Crippen LogP contribution in [0.25, 0.3) is 0 Å². The van der Waals surface area contributed by atoms with Crippen LogP contribution < -0.4 is 0 Å². The highest BCUT2D eigenvalue weighted by Gasteiger charge is 2.56. The first-order valence-electron chi connectivity index (χ1n) is 6.45. The Labute approximate surface area is 110 Å². The second kappa shape index (κ2) is 4.16. The topological polar surface area (TPSA) is 81.4 Å². The zero-order chi connectivity index (χ0) is 13.7. The quantitative estimate of drug-likeness (QED) is 0.862. The maximum atomic E-state index is 12.5. The van der Waals surface area contributed by atoms with Crippen molar-refractivity contribution in [3.05, 3.63) is 17.5 Å². The summed E-state index contributed by atoms with van der Waals surface area (Å²) in [7, 11) is 0. The third kappa shape index (κ3) is 1.78. The molecule has 0 radical (unpaired) electrons. The summed E-state index contributed by atoms with van der Waals surface area (Å²) >= 11 is 0. The van der Waals surface area contributed by atoms with E-state index in [1.54, 1.807) is 6.92 Å². The fourth-order valence-corrected chi connectivity index (χ4v) is 3.30. The second-order valence-electron chi connectivity index (χ2n) is 5.36. The molecule has 3 rings (SSSR count). The first kappa shape index (κ1) is 12.3. The molecule has 2 aliphatic heterocycles. The van der Waals surface area contributed by atoms with E-state index >= 15 is 0 Å². The number of carboxylic acid groups (broad SMARTS) is 1. The number of nitrogens with zero attached hydrogens (tertiary/aromatic N) is 2. The van der Waals surface area contributed by atoms with Crippen molar-refractivity contribution in [1.82, 2.24) is 9.78 Å². The first-order valence-corrected chi connectivity index (χ1v) is 6.45. The SMILES string of the molecule is Cc1cc(C)n(C(=O)[C@H]2[C@H](C(=O)O)[C@H]3CC[C@H]2O3)n1.